The number of likely N-dealkylation sites (tertiary alicyclic amines) is 1. The Labute approximate surface area is 129 Å². The maximum absolute atomic E-state index is 12.3. The van der Waals surface area contributed by atoms with Gasteiger partial charge in [-0.3, -0.25) is 14.6 Å². The smallest absolute Gasteiger partial charge is 0.272 e. The van der Waals surface area contributed by atoms with E-state index in [1.807, 2.05) is 30.3 Å². The van der Waals surface area contributed by atoms with E-state index in [0.29, 0.717) is 11.3 Å². The fraction of sp³-hybridized carbons (Fsp3) is 0.235. The second-order valence-corrected chi connectivity index (χ2v) is 5.25. The minimum absolute atomic E-state index is 0.105. The Morgan fingerprint density at radius 2 is 1.77 bits per heavy atom. The van der Waals surface area contributed by atoms with Crippen molar-refractivity contribution >= 4 is 17.5 Å². The van der Waals surface area contributed by atoms with Gasteiger partial charge in [-0.15, -0.1) is 0 Å². The number of carbonyl (C=O) groups is 2. The van der Waals surface area contributed by atoms with Crippen LogP contribution in [0, 0.1) is 0 Å². The van der Waals surface area contributed by atoms with Crippen LogP contribution in [0.1, 0.15) is 33.7 Å². The number of nitrogens with one attached hydrogen (secondary N) is 1. The van der Waals surface area contributed by atoms with Gasteiger partial charge in [0, 0.05) is 30.5 Å². The molecule has 112 valence electrons. The van der Waals surface area contributed by atoms with Gasteiger partial charge in [-0.2, -0.15) is 0 Å². The molecule has 0 aliphatic carbocycles. The summed E-state index contributed by atoms with van der Waals surface area (Å²) in [5.41, 5.74) is 1.47. The number of carbonyl (C=O) groups excluding carboxylic acids is 2. The van der Waals surface area contributed by atoms with E-state index in [9.17, 15) is 9.59 Å². The first-order chi connectivity index (χ1) is 10.7. The molecule has 2 aromatic rings. The Morgan fingerprint density at radius 3 is 2.50 bits per heavy atom. The van der Waals surface area contributed by atoms with Gasteiger partial charge in [-0.05, 0) is 37.1 Å². The Morgan fingerprint density at radius 1 is 1.05 bits per heavy atom. The van der Waals surface area contributed by atoms with E-state index in [-0.39, 0.29) is 11.8 Å². The highest BCUT2D eigenvalue weighted by molar-refractivity contribution is 6.05. The molecular formula is C17H17N3O2. The molecule has 0 radical (unpaired) electrons. The molecular weight excluding hydrogens is 278 g/mol. The van der Waals surface area contributed by atoms with Crippen LogP contribution >= 0.6 is 0 Å². The molecule has 3 rings (SSSR count). The monoisotopic (exact) mass is 295 g/mol. The van der Waals surface area contributed by atoms with Crippen molar-refractivity contribution in [2.24, 2.45) is 0 Å². The van der Waals surface area contributed by atoms with Gasteiger partial charge in [0.2, 0.25) is 0 Å². The Kier molecular flexibility index (Phi) is 4.14. The van der Waals surface area contributed by atoms with E-state index in [1.54, 1.807) is 17.0 Å². The molecule has 1 aliphatic heterocycles. The van der Waals surface area contributed by atoms with Gasteiger partial charge in [-0.1, -0.05) is 18.2 Å². The van der Waals surface area contributed by atoms with Crippen molar-refractivity contribution < 1.29 is 9.59 Å². The second kappa shape index (κ2) is 6.39. The number of benzene rings is 1. The number of pyridine rings is 1. The first-order valence-corrected chi connectivity index (χ1v) is 7.36. The van der Waals surface area contributed by atoms with Crippen LogP contribution in [-0.2, 0) is 0 Å². The molecule has 0 unspecified atom stereocenters. The molecule has 0 spiro atoms. The predicted octanol–water partition coefficient (Wildman–Crippen LogP) is 2.57. The highest BCUT2D eigenvalue weighted by Crippen LogP contribution is 2.13. The number of para-hydroxylation sites is 1. The molecule has 1 fully saturated rings. The van der Waals surface area contributed by atoms with Crippen LogP contribution in [0.4, 0.5) is 5.69 Å². The zero-order valence-corrected chi connectivity index (χ0v) is 12.2. The van der Waals surface area contributed by atoms with Gasteiger partial charge in [-0.25, -0.2) is 0 Å². The SMILES string of the molecule is O=C(Nc1ccccc1)c1ccnc(C(=O)N2CCCC2)c1. The summed E-state index contributed by atoms with van der Waals surface area (Å²) in [7, 11) is 0. The summed E-state index contributed by atoms with van der Waals surface area (Å²) in [6, 6.07) is 12.4. The third kappa shape index (κ3) is 3.14. The second-order valence-electron chi connectivity index (χ2n) is 5.25. The van der Waals surface area contributed by atoms with Gasteiger partial charge >= 0.3 is 0 Å². The van der Waals surface area contributed by atoms with E-state index in [4.69, 9.17) is 0 Å². The van der Waals surface area contributed by atoms with E-state index < -0.39 is 0 Å². The van der Waals surface area contributed by atoms with Crippen molar-refractivity contribution in [3.05, 3.63) is 59.9 Å². The minimum atomic E-state index is -0.246. The maximum Gasteiger partial charge on any atom is 0.272 e. The van der Waals surface area contributed by atoms with Crippen molar-refractivity contribution in [1.29, 1.82) is 0 Å². The van der Waals surface area contributed by atoms with Crippen molar-refractivity contribution in [2.75, 3.05) is 18.4 Å². The molecule has 1 aromatic carbocycles. The molecule has 5 nitrogen and oxygen atoms in total. The molecule has 22 heavy (non-hydrogen) atoms. The molecule has 2 amide bonds. The lowest BCUT2D eigenvalue weighted by molar-refractivity contribution is 0.0787. The molecule has 0 bridgehead atoms. The third-order valence-corrected chi connectivity index (χ3v) is 3.67. The standard InChI is InChI=1S/C17H17N3O2/c21-16(19-14-6-2-1-3-7-14)13-8-9-18-15(12-13)17(22)20-10-4-5-11-20/h1-3,6-9,12H,4-5,10-11H2,(H,19,21). The lowest BCUT2D eigenvalue weighted by Crippen LogP contribution is -2.28. The van der Waals surface area contributed by atoms with E-state index in [0.717, 1.165) is 31.6 Å². The highest BCUT2D eigenvalue weighted by atomic mass is 16.2. The summed E-state index contributed by atoms with van der Waals surface area (Å²) < 4.78 is 0. The summed E-state index contributed by atoms with van der Waals surface area (Å²) in [6.07, 6.45) is 3.56. The van der Waals surface area contributed by atoms with Gasteiger partial charge < -0.3 is 10.2 Å². The number of aromatic nitrogens is 1. The van der Waals surface area contributed by atoms with Crippen LogP contribution in [0.3, 0.4) is 0 Å². The fourth-order valence-electron chi connectivity index (χ4n) is 2.50. The predicted molar refractivity (Wildman–Crippen MR) is 83.8 cm³/mol. The normalized spacial score (nSPS) is 13.9. The Bertz CT molecular complexity index is 679. The molecule has 0 atom stereocenters. The van der Waals surface area contributed by atoms with Gasteiger partial charge in [0.05, 0.1) is 0 Å². The molecule has 1 N–H and O–H groups in total. The largest absolute Gasteiger partial charge is 0.337 e. The average Bonchev–Trinajstić information content (AvgIpc) is 3.09. The van der Waals surface area contributed by atoms with Crippen molar-refractivity contribution in [3.63, 3.8) is 0 Å². The molecule has 0 saturated carbocycles. The van der Waals surface area contributed by atoms with Crippen molar-refractivity contribution in [2.45, 2.75) is 12.8 Å². The van der Waals surface area contributed by atoms with E-state index >= 15 is 0 Å². The lowest BCUT2D eigenvalue weighted by atomic mass is 10.2. The topological polar surface area (TPSA) is 62.3 Å². The number of rotatable bonds is 3. The number of hydrogen-bond donors (Lipinski definition) is 1. The summed E-state index contributed by atoms with van der Waals surface area (Å²) in [6.45, 7) is 1.53. The molecule has 1 saturated heterocycles. The first-order valence-electron chi connectivity index (χ1n) is 7.36. The third-order valence-electron chi connectivity index (χ3n) is 3.67. The zero-order chi connectivity index (χ0) is 15.4. The van der Waals surface area contributed by atoms with Gasteiger partial charge in [0.15, 0.2) is 0 Å². The Balaban J connectivity index is 1.75. The van der Waals surface area contributed by atoms with Gasteiger partial charge in [0.1, 0.15) is 5.69 Å². The minimum Gasteiger partial charge on any atom is -0.337 e. The average molecular weight is 295 g/mol. The van der Waals surface area contributed by atoms with Crippen LogP contribution in [0.5, 0.6) is 0 Å². The molecule has 1 aliphatic rings. The number of anilines is 1. The summed E-state index contributed by atoms with van der Waals surface area (Å²) >= 11 is 0. The van der Waals surface area contributed by atoms with Crippen molar-refractivity contribution in [1.82, 2.24) is 9.88 Å². The van der Waals surface area contributed by atoms with E-state index in [1.165, 1.54) is 6.20 Å². The van der Waals surface area contributed by atoms with Crippen LogP contribution < -0.4 is 5.32 Å². The molecule has 1 aromatic heterocycles. The van der Waals surface area contributed by atoms with Crippen LogP contribution in [0.15, 0.2) is 48.7 Å². The summed E-state index contributed by atoms with van der Waals surface area (Å²) in [5, 5.41) is 2.80. The summed E-state index contributed by atoms with van der Waals surface area (Å²) in [4.78, 5) is 30.4. The highest BCUT2D eigenvalue weighted by Gasteiger charge is 2.21. The Hall–Kier alpha value is -2.69. The van der Waals surface area contributed by atoms with Crippen LogP contribution in [-0.4, -0.2) is 34.8 Å². The van der Waals surface area contributed by atoms with Crippen LogP contribution in [0.2, 0.25) is 0 Å². The lowest BCUT2D eigenvalue weighted by Gasteiger charge is -2.14. The first kappa shape index (κ1) is 14.3. The molecule has 5 heteroatoms. The summed E-state index contributed by atoms with van der Waals surface area (Å²) in [5.74, 6) is -0.351. The quantitative estimate of drug-likeness (QED) is 0.946. The van der Waals surface area contributed by atoms with Crippen molar-refractivity contribution in [3.8, 4) is 0 Å². The number of hydrogen-bond acceptors (Lipinski definition) is 3. The van der Waals surface area contributed by atoms with Gasteiger partial charge in [0.25, 0.3) is 11.8 Å². The number of nitrogens with zero attached hydrogens (tertiary/aromatic N) is 2. The zero-order valence-electron chi connectivity index (χ0n) is 12.2. The van der Waals surface area contributed by atoms with E-state index in [2.05, 4.69) is 10.3 Å². The number of amides is 2. The molecule has 2 heterocycles. The fourth-order valence-corrected chi connectivity index (χ4v) is 2.50. The van der Waals surface area contributed by atoms with Crippen LogP contribution in [0.25, 0.3) is 0 Å². The maximum atomic E-state index is 12.3.